The Hall–Kier alpha value is -1.09. The zero-order valence-electron chi connectivity index (χ0n) is 11.0. The number of fused-ring (bicyclic) bond motifs is 1. The van der Waals surface area contributed by atoms with Gasteiger partial charge in [-0.3, -0.25) is 0 Å². The molecule has 2 N–H and O–H groups in total. The van der Waals surface area contributed by atoms with Gasteiger partial charge in [-0.25, -0.2) is 0 Å². The third-order valence-corrected chi connectivity index (χ3v) is 3.75. The summed E-state index contributed by atoms with van der Waals surface area (Å²) in [5.41, 5.74) is 2.89. The van der Waals surface area contributed by atoms with Gasteiger partial charge in [0.25, 0.3) is 0 Å². The molecule has 1 aliphatic carbocycles. The van der Waals surface area contributed by atoms with E-state index < -0.39 is 0 Å². The maximum atomic E-state index is 5.36. The Bertz CT molecular complexity index is 403. The lowest BCUT2D eigenvalue weighted by atomic mass is 9.88. The molecule has 1 unspecified atom stereocenters. The zero-order chi connectivity index (χ0) is 12.8. The van der Waals surface area contributed by atoms with Crippen molar-refractivity contribution in [2.75, 3.05) is 6.54 Å². The van der Waals surface area contributed by atoms with E-state index in [0.717, 1.165) is 11.7 Å². The molecule has 0 aromatic heterocycles. The predicted octanol–water partition coefficient (Wildman–Crippen LogP) is 3.33. The molecule has 0 spiro atoms. The first-order valence-electron chi connectivity index (χ1n) is 6.93. The highest BCUT2D eigenvalue weighted by Gasteiger charge is 2.19. The molecule has 0 saturated carbocycles. The van der Waals surface area contributed by atoms with Crippen LogP contribution < -0.4 is 10.6 Å². The van der Waals surface area contributed by atoms with Crippen LogP contribution in [0.3, 0.4) is 0 Å². The second-order valence-corrected chi connectivity index (χ2v) is 5.31. The van der Waals surface area contributed by atoms with Crippen LogP contribution in [0.2, 0.25) is 0 Å². The van der Waals surface area contributed by atoms with Crippen molar-refractivity contribution < 1.29 is 0 Å². The van der Waals surface area contributed by atoms with Crippen LogP contribution in [0.5, 0.6) is 0 Å². The molecule has 98 valence electrons. The van der Waals surface area contributed by atoms with Gasteiger partial charge in [-0.05, 0) is 49.0 Å². The fraction of sp³-hybridized carbons (Fsp3) is 0.533. The van der Waals surface area contributed by atoms with Crippen LogP contribution in [0, 0.1) is 0 Å². The van der Waals surface area contributed by atoms with Gasteiger partial charge in [-0.2, -0.15) is 0 Å². The molecule has 0 bridgehead atoms. The van der Waals surface area contributed by atoms with Gasteiger partial charge in [-0.1, -0.05) is 37.6 Å². The van der Waals surface area contributed by atoms with Gasteiger partial charge in [0.15, 0.2) is 5.11 Å². The fourth-order valence-electron chi connectivity index (χ4n) is 2.49. The average molecular weight is 262 g/mol. The summed E-state index contributed by atoms with van der Waals surface area (Å²) in [6.45, 7) is 3.16. The standard InChI is InChI=1S/C15H22N2S/c1-2-3-11-16-15(18)17-14-10-6-8-12-7-4-5-9-13(12)14/h4-5,7,9,14H,2-3,6,8,10-11H2,1H3,(H2,16,17,18). The summed E-state index contributed by atoms with van der Waals surface area (Å²) in [7, 11) is 0. The van der Waals surface area contributed by atoms with Crippen LogP contribution in [0.15, 0.2) is 24.3 Å². The third kappa shape index (κ3) is 3.45. The monoisotopic (exact) mass is 262 g/mol. The summed E-state index contributed by atoms with van der Waals surface area (Å²) < 4.78 is 0. The molecule has 1 aromatic carbocycles. The number of hydrogen-bond acceptors (Lipinski definition) is 1. The van der Waals surface area contributed by atoms with Crippen LogP contribution in [-0.2, 0) is 6.42 Å². The van der Waals surface area contributed by atoms with E-state index in [2.05, 4.69) is 41.8 Å². The highest BCUT2D eigenvalue weighted by atomic mass is 32.1. The van der Waals surface area contributed by atoms with Gasteiger partial charge in [0, 0.05) is 6.54 Å². The number of nitrogens with one attached hydrogen (secondary N) is 2. The van der Waals surface area contributed by atoms with Gasteiger partial charge < -0.3 is 10.6 Å². The summed E-state index contributed by atoms with van der Waals surface area (Å²) in [4.78, 5) is 0. The van der Waals surface area contributed by atoms with Crippen LogP contribution in [0.4, 0.5) is 0 Å². The van der Waals surface area contributed by atoms with Crippen molar-refractivity contribution in [3.63, 3.8) is 0 Å². The minimum Gasteiger partial charge on any atom is -0.363 e. The number of thiocarbonyl (C=S) groups is 1. The van der Waals surface area contributed by atoms with Crippen LogP contribution in [-0.4, -0.2) is 11.7 Å². The van der Waals surface area contributed by atoms with Crippen molar-refractivity contribution in [2.24, 2.45) is 0 Å². The molecule has 2 nitrogen and oxygen atoms in total. The van der Waals surface area contributed by atoms with Crippen molar-refractivity contribution in [3.05, 3.63) is 35.4 Å². The smallest absolute Gasteiger partial charge is 0.166 e. The highest BCUT2D eigenvalue weighted by molar-refractivity contribution is 7.80. The second-order valence-electron chi connectivity index (χ2n) is 4.90. The van der Waals surface area contributed by atoms with Crippen LogP contribution >= 0.6 is 12.2 Å². The molecule has 3 heteroatoms. The predicted molar refractivity (Wildman–Crippen MR) is 80.8 cm³/mol. The molecule has 1 atom stereocenters. The third-order valence-electron chi connectivity index (χ3n) is 3.49. The topological polar surface area (TPSA) is 24.1 Å². The minimum atomic E-state index is 0.386. The summed E-state index contributed by atoms with van der Waals surface area (Å²) in [6.07, 6.45) is 5.98. The largest absolute Gasteiger partial charge is 0.363 e. The highest BCUT2D eigenvalue weighted by Crippen LogP contribution is 2.29. The van der Waals surface area contributed by atoms with Crippen molar-refractivity contribution in [1.29, 1.82) is 0 Å². The molecule has 0 aliphatic heterocycles. The molecule has 1 aliphatic rings. The van der Waals surface area contributed by atoms with Gasteiger partial charge >= 0.3 is 0 Å². The van der Waals surface area contributed by atoms with E-state index in [9.17, 15) is 0 Å². The zero-order valence-corrected chi connectivity index (χ0v) is 11.9. The van der Waals surface area contributed by atoms with Crippen LogP contribution in [0.1, 0.15) is 49.8 Å². The summed E-state index contributed by atoms with van der Waals surface area (Å²) in [5.74, 6) is 0. The second kappa shape index (κ2) is 6.74. The molecule has 1 aromatic rings. The van der Waals surface area contributed by atoms with Crippen molar-refractivity contribution in [2.45, 2.75) is 45.1 Å². The van der Waals surface area contributed by atoms with E-state index >= 15 is 0 Å². The maximum absolute atomic E-state index is 5.36. The van der Waals surface area contributed by atoms with Crippen molar-refractivity contribution in [1.82, 2.24) is 10.6 Å². The Morgan fingerprint density at radius 3 is 3.06 bits per heavy atom. The van der Waals surface area contributed by atoms with E-state index in [1.807, 2.05) is 0 Å². The molecule has 0 heterocycles. The molecular formula is C15H22N2S. The number of unbranched alkanes of at least 4 members (excludes halogenated alkanes) is 1. The molecule has 2 rings (SSSR count). The Labute approximate surface area is 115 Å². The molecule has 0 amide bonds. The van der Waals surface area contributed by atoms with Gasteiger partial charge in [0.05, 0.1) is 6.04 Å². The van der Waals surface area contributed by atoms with Gasteiger partial charge in [-0.15, -0.1) is 0 Å². The summed E-state index contributed by atoms with van der Waals surface area (Å²) in [6, 6.07) is 9.08. The lowest BCUT2D eigenvalue weighted by molar-refractivity contribution is 0.523. The van der Waals surface area contributed by atoms with Gasteiger partial charge in [0.1, 0.15) is 0 Å². The van der Waals surface area contributed by atoms with E-state index in [4.69, 9.17) is 12.2 Å². The van der Waals surface area contributed by atoms with E-state index in [-0.39, 0.29) is 0 Å². The lowest BCUT2D eigenvalue weighted by Crippen LogP contribution is -2.39. The fourth-order valence-corrected chi connectivity index (χ4v) is 2.74. The van der Waals surface area contributed by atoms with Crippen molar-refractivity contribution >= 4 is 17.3 Å². The minimum absolute atomic E-state index is 0.386. The Morgan fingerprint density at radius 2 is 2.22 bits per heavy atom. The maximum Gasteiger partial charge on any atom is 0.166 e. The molecule has 0 fully saturated rings. The van der Waals surface area contributed by atoms with E-state index in [1.54, 1.807) is 0 Å². The molecular weight excluding hydrogens is 240 g/mol. The number of rotatable bonds is 4. The number of benzene rings is 1. The normalized spacial score (nSPS) is 17.9. The number of hydrogen-bond donors (Lipinski definition) is 2. The Morgan fingerprint density at radius 1 is 1.39 bits per heavy atom. The first kappa shape index (κ1) is 13.3. The summed E-state index contributed by atoms with van der Waals surface area (Å²) >= 11 is 5.36. The lowest BCUT2D eigenvalue weighted by Gasteiger charge is -2.27. The molecule has 0 radical (unpaired) electrons. The van der Waals surface area contributed by atoms with E-state index in [0.29, 0.717) is 6.04 Å². The molecule has 0 saturated heterocycles. The van der Waals surface area contributed by atoms with Gasteiger partial charge in [0.2, 0.25) is 0 Å². The summed E-state index contributed by atoms with van der Waals surface area (Å²) in [5, 5.41) is 7.53. The Kier molecular flexibility index (Phi) is 5.00. The average Bonchev–Trinajstić information content (AvgIpc) is 2.39. The van der Waals surface area contributed by atoms with Crippen molar-refractivity contribution in [3.8, 4) is 0 Å². The first-order valence-corrected chi connectivity index (χ1v) is 7.34. The SMILES string of the molecule is CCCCNC(=S)NC1CCCc2ccccc21. The first-order chi connectivity index (χ1) is 8.81. The Balaban J connectivity index is 1.92. The van der Waals surface area contributed by atoms with E-state index in [1.165, 1.54) is 43.2 Å². The van der Waals surface area contributed by atoms with Crippen LogP contribution in [0.25, 0.3) is 0 Å². The molecule has 18 heavy (non-hydrogen) atoms. The quantitative estimate of drug-likeness (QED) is 0.643. The number of aryl methyl sites for hydroxylation is 1.